The van der Waals surface area contributed by atoms with Crippen LogP contribution in [0.3, 0.4) is 0 Å². The Morgan fingerprint density at radius 2 is 2.05 bits per heavy atom. The minimum atomic E-state index is -0.393. The minimum Gasteiger partial charge on any atom is -0.493 e. The normalized spacial score (nSPS) is 16.7. The zero-order valence-electron chi connectivity index (χ0n) is 12.9. The maximum Gasteiger partial charge on any atom is 0.223 e. The number of carbonyl (C=O) groups excluding carboxylic acids is 1. The third kappa shape index (κ3) is 4.21. The lowest BCUT2D eigenvalue weighted by Gasteiger charge is -2.28. The van der Waals surface area contributed by atoms with E-state index in [1.54, 1.807) is 0 Å². The molecule has 0 saturated heterocycles. The molecular formula is C17H25NO3. The zero-order chi connectivity index (χ0) is 15.3. The quantitative estimate of drug-likeness (QED) is 0.846. The first-order chi connectivity index (χ1) is 10.0. The summed E-state index contributed by atoms with van der Waals surface area (Å²) in [6.45, 7) is 4.40. The lowest BCUT2D eigenvalue weighted by molar-refractivity contribution is -0.124. The Hall–Kier alpha value is -1.55. The molecule has 0 heterocycles. The Kier molecular flexibility index (Phi) is 5.23. The number of aliphatic hydroxyl groups is 1. The Morgan fingerprint density at radius 1 is 1.33 bits per heavy atom. The van der Waals surface area contributed by atoms with Gasteiger partial charge in [-0.2, -0.15) is 0 Å². The maximum absolute atomic E-state index is 12.0. The molecule has 1 amide bonds. The van der Waals surface area contributed by atoms with Gasteiger partial charge in [-0.25, -0.2) is 0 Å². The second kappa shape index (κ2) is 6.94. The van der Waals surface area contributed by atoms with Crippen LogP contribution in [-0.4, -0.2) is 29.8 Å². The van der Waals surface area contributed by atoms with E-state index in [9.17, 15) is 9.90 Å². The van der Waals surface area contributed by atoms with Crippen LogP contribution in [-0.2, 0) is 4.79 Å². The molecule has 4 heteroatoms. The number of hydrogen-bond acceptors (Lipinski definition) is 3. The third-order valence-corrected chi connectivity index (χ3v) is 4.20. The fourth-order valence-electron chi connectivity index (χ4n) is 2.85. The Labute approximate surface area is 126 Å². The van der Waals surface area contributed by atoms with Gasteiger partial charge in [0.1, 0.15) is 5.75 Å². The fourth-order valence-corrected chi connectivity index (χ4v) is 2.85. The molecule has 1 aromatic carbocycles. The molecule has 116 valence electrons. The van der Waals surface area contributed by atoms with Gasteiger partial charge < -0.3 is 15.2 Å². The number of nitrogens with one attached hydrogen (secondary N) is 1. The van der Waals surface area contributed by atoms with Crippen LogP contribution in [0.15, 0.2) is 18.2 Å². The van der Waals surface area contributed by atoms with Crippen molar-refractivity contribution in [2.24, 2.45) is 0 Å². The molecule has 0 unspecified atom stereocenters. The van der Waals surface area contributed by atoms with Gasteiger partial charge in [-0.15, -0.1) is 0 Å². The minimum absolute atomic E-state index is 0.0244. The number of aliphatic hydroxyl groups excluding tert-OH is 1. The molecule has 2 rings (SSSR count). The molecule has 2 N–H and O–H groups in total. The summed E-state index contributed by atoms with van der Waals surface area (Å²) in [5.41, 5.74) is 1.82. The molecule has 1 aliphatic carbocycles. The van der Waals surface area contributed by atoms with E-state index in [0.29, 0.717) is 13.0 Å². The van der Waals surface area contributed by atoms with Gasteiger partial charge in [0.25, 0.3) is 0 Å². The number of hydrogen-bond donors (Lipinski definition) is 2. The summed E-state index contributed by atoms with van der Waals surface area (Å²) in [7, 11) is 0. The monoisotopic (exact) mass is 291 g/mol. The highest BCUT2D eigenvalue weighted by Gasteiger charge is 2.34. The van der Waals surface area contributed by atoms with Crippen molar-refractivity contribution in [3.8, 4) is 5.75 Å². The largest absolute Gasteiger partial charge is 0.493 e. The molecule has 1 fully saturated rings. The van der Waals surface area contributed by atoms with Gasteiger partial charge in [0.15, 0.2) is 0 Å². The fraction of sp³-hybridized carbons (Fsp3) is 0.588. The number of rotatable bonds is 6. The summed E-state index contributed by atoms with van der Waals surface area (Å²) < 4.78 is 5.70. The van der Waals surface area contributed by atoms with Crippen LogP contribution in [0.1, 0.15) is 43.2 Å². The van der Waals surface area contributed by atoms with Crippen molar-refractivity contribution in [3.63, 3.8) is 0 Å². The molecular weight excluding hydrogens is 266 g/mol. The summed E-state index contributed by atoms with van der Waals surface area (Å²) in [6, 6.07) is 6.05. The standard InChI is InChI=1S/C17H25NO3/c1-13-5-6-14(2)15(11-13)21-10-7-16(20)18-17(12-19)8-3-4-9-17/h5-6,11,19H,3-4,7-10,12H2,1-2H3,(H,18,20). The summed E-state index contributed by atoms with van der Waals surface area (Å²) in [5.74, 6) is 0.789. The van der Waals surface area contributed by atoms with E-state index in [1.165, 1.54) is 0 Å². The first-order valence-electron chi connectivity index (χ1n) is 7.67. The second-order valence-corrected chi connectivity index (χ2v) is 6.06. The molecule has 0 radical (unpaired) electrons. The van der Waals surface area contributed by atoms with E-state index in [2.05, 4.69) is 5.32 Å². The molecule has 0 spiro atoms. The number of amides is 1. The Balaban J connectivity index is 1.80. The molecule has 0 aliphatic heterocycles. The highest BCUT2D eigenvalue weighted by atomic mass is 16.5. The molecule has 21 heavy (non-hydrogen) atoms. The van der Waals surface area contributed by atoms with Gasteiger partial charge in [0, 0.05) is 0 Å². The lowest BCUT2D eigenvalue weighted by atomic mass is 9.99. The first kappa shape index (κ1) is 15.8. The van der Waals surface area contributed by atoms with Crippen LogP contribution in [0.2, 0.25) is 0 Å². The van der Waals surface area contributed by atoms with E-state index in [4.69, 9.17) is 4.74 Å². The van der Waals surface area contributed by atoms with E-state index in [-0.39, 0.29) is 12.5 Å². The predicted octanol–water partition coefficient (Wildman–Crippen LogP) is 2.49. The van der Waals surface area contributed by atoms with E-state index in [0.717, 1.165) is 42.6 Å². The van der Waals surface area contributed by atoms with Crippen molar-refractivity contribution < 1.29 is 14.6 Å². The molecule has 1 aliphatic rings. The molecule has 4 nitrogen and oxygen atoms in total. The Morgan fingerprint density at radius 3 is 2.71 bits per heavy atom. The molecule has 1 saturated carbocycles. The number of ether oxygens (including phenoxy) is 1. The highest BCUT2D eigenvalue weighted by molar-refractivity contribution is 5.77. The smallest absolute Gasteiger partial charge is 0.223 e. The first-order valence-corrected chi connectivity index (χ1v) is 7.67. The van der Waals surface area contributed by atoms with Crippen LogP contribution >= 0.6 is 0 Å². The van der Waals surface area contributed by atoms with E-state index in [1.807, 2.05) is 32.0 Å². The Bertz CT molecular complexity index is 493. The van der Waals surface area contributed by atoms with Crippen molar-refractivity contribution in [2.45, 2.75) is 51.5 Å². The SMILES string of the molecule is Cc1ccc(C)c(OCCC(=O)NC2(CO)CCCC2)c1. The van der Waals surface area contributed by atoms with Crippen LogP contribution < -0.4 is 10.1 Å². The average Bonchev–Trinajstić information content (AvgIpc) is 2.91. The van der Waals surface area contributed by atoms with Crippen molar-refractivity contribution in [1.82, 2.24) is 5.32 Å². The third-order valence-electron chi connectivity index (χ3n) is 4.20. The summed E-state index contributed by atoms with van der Waals surface area (Å²) in [5, 5.41) is 12.5. The molecule has 0 atom stereocenters. The van der Waals surface area contributed by atoms with Gasteiger partial charge in [-0.3, -0.25) is 4.79 Å². The number of aryl methyl sites for hydroxylation is 2. The topological polar surface area (TPSA) is 58.6 Å². The number of benzene rings is 1. The number of carbonyl (C=O) groups is 1. The molecule has 0 bridgehead atoms. The van der Waals surface area contributed by atoms with Gasteiger partial charge >= 0.3 is 0 Å². The van der Waals surface area contributed by atoms with Crippen LogP contribution in [0.4, 0.5) is 0 Å². The van der Waals surface area contributed by atoms with Crippen molar-refractivity contribution in [3.05, 3.63) is 29.3 Å². The van der Waals surface area contributed by atoms with Crippen molar-refractivity contribution >= 4 is 5.91 Å². The van der Waals surface area contributed by atoms with E-state index < -0.39 is 5.54 Å². The predicted molar refractivity (Wildman–Crippen MR) is 82.5 cm³/mol. The van der Waals surface area contributed by atoms with Crippen LogP contribution in [0, 0.1) is 13.8 Å². The second-order valence-electron chi connectivity index (χ2n) is 6.06. The highest BCUT2D eigenvalue weighted by Crippen LogP contribution is 2.29. The van der Waals surface area contributed by atoms with Gasteiger partial charge in [0.05, 0.1) is 25.2 Å². The summed E-state index contributed by atoms with van der Waals surface area (Å²) in [6.07, 6.45) is 4.19. The van der Waals surface area contributed by atoms with Crippen molar-refractivity contribution in [2.75, 3.05) is 13.2 Å². The molecule has 0 aromatic heterocycles. The van der Waals surface area contributed by atoms with Gasteiger partial charge in [-0.05, 0) is 43.9 Å². The lowest BCUT2D eigenvalue weighted by Crippen LogP contribution is -2.49. The maximum atomic E-state index is 12.0. The zero-order valence-corrected chi connectivity index (χ0v) is 12.9. The van der Waals surface area contributed by atoms with Gasteiger partial charge in [0.2, 0.25) is 5.91 Å². The van der Waals surface area contributed by atoms with Crippen LogP contribution in [0.25, 0.3) is 0 Å². The van der Waals surface area contributed by atoms with E-state index >= 15 is 0 Å². The summed E-state index contributed by atoms with van der Waals surface area (Å²) >= 11 is 0. The average molecular weight is 291 g/mol. The van der Waals surface area contributed by atoms with Gasteiger partial charge in [-0.1, -0.05) is 25.0 Å². The van der Waals surface area contributed by atoms with Crippen LogP contribution in [0.5, 0.6) is 5.75 Å². The molecule has 1 aromatic rings. The summed E-state index contributed by atoms with van der Waals surface area (Å²) in [4.78, 5) is 12.0. The van der Waals surface area contributed by atoms with Crippen molar-refractivity contribution in [1.29, 1.82) is 0 Å².